The minimum Gasteiger partial charge on any atom is -0.459 e. The van der Waals surface area contributed by atoms with Gasteiger partial charge < -0.3 is 63.4 Å². The highest BCUT2D eigenvalue weighted by atomic mass is 16.7. The molecule has 4 N–H and O–H groups in total. The molecule has 0 radical (unpaired) electrons. The number of aliphatic hydroxyl groups excluding tert-OH is 3. The van der Waals surface area contributed by atoms with Gasteiger partial charge in [0.25, 0.3) is 0 Å². The number of nitrogens with zero attached hydrogens (tertiary/aromatic N) is 2. The lowest BCUT2D eigenvalue weighted by Gasteiger charge is -2.49. The number of cyclic esters (lactones) is 1. The summed E-state index contributed by atoms with van der Waals surface area (Å²) >= 11 is 0. The summed E-state index contributed by atoms with van der Waals surface area (Å²) in [5.41, 5.74) is -3.79. The first-order valence-corrected chi connectivity index (χ1v) is 19.5. The number of carbonyl (C=O) groups excluding carboxylic acids is 1. The molecule has 53 heavy (non-hydrogen) atoms. The Bertz CT molecular complexity index is 1160. The Kier molecular flexibility index (Phi) is 16.2. The van der Waals surface area contributed by atoms with Gasteiger partial charge in [-0.2, -0.15) is 0 Å². The van der Waals surface area contributed by atoms with Gasteiger partial charge in [0.2, 0.25) is 0 Å². The largest absolute Gasteiger partial charge is 0.459 e. The van der Waals surface area contributed by atoms with Crippen LogP contribution >= 0.6 is 0 Å². The molecule has 0 aliphatic carbocycles. The second kappa shape index (κ2) is 18.5. The predicted molar refractivity (Wildman–Crippen MR) is 199 cm³/mol. The number of hydrogen-bond acceptors (Lipinski definition) is 14. The summed E-state index contributed by atoms with van der Waals surface area (Å²) in [5.74, 6) is -2.22. The number of aliphatic hydroxyl groups is 4. The smallest absolute Gasteiger partial charge is 0.311 e. The summed E-state index contributed by atoms with van der Waals surface area (Å²) in [6.07, 6.45) is -7.22. The van der Waals surface area contributed by atoms with Gasteiger partial charge in [-0.3, -0.25) is 4.79 Å². The molecular formula is C39H74N2O12. The lowest BCUT2D eigenvalue weighted by molar-refractivity contribution is -0.319. The molecule has 0 aromatic rings. The highest BCUT2D eigenvalue weighted by Crippen LogP contribution is 2.41. The molecule has 3 aliphatic heterocycles. The van der Waals surface area contributed by atoms with Crippen molar-refractivity contribution >= 4 is 5.97 Å². The number of carbonyl (C=O) groups is 1. The minimum atomic E-state index is -1.78. The first kappa shape index (κ1) is 46.4. The van der Waals surface area contributed by atoms with E-state index < -0.39 is 96.0 Å². The van der Waals surface area contributed by atoms with E-state index in [0.717, 1.165) is 0 Å². The normalized spacial score (nSPS) is 48.9. The van der Waals surface area contributed by atoms with Crippen molar-refractivity contribution < 1.29 is 58.4 Å². The zero-order chi connectivity index (χ0) is 40.4. The molecule has 0 aromatic heterocycles. The highest BCUT2D eigenvalue weighted by molar-refractivity contribution is 5.73. The van der Waals surface area contributed by atoms with Crippen LogP contribution in [0.4, 0.5) is 0 Å². The van der Waals surface area contributed by atoms with E-state index in [-0.39, 0.29) is 30.9 Å². The summed E-state index contributed by atoms with van der Waals surface area (Å²) in [4.78, 5) is 18.3. The second-order valence-corrected chi connectivity index (χ2v) is 17.3. The van der Waals surface area contributed by atoms with E-state index in [1.54, 1.807) is 34.8 Å². The van der Waals surface area contributed by atoms with Gasteiger partial charge in [0.1, 0.15) is 30.0 Å². The predicted octanol–water partition coefficient (Wildman–Crippen LogP) is 2.55. The monoisotopic (exact) mass is 763 g/mol. The van der Waals surface area contributed by atoms with Gasteiger partial charge >= 0.3 is 5.97 Å². The molecular weight excluding hydrogens is 688 g/mol. The third-order valence-corrected chi connectivity index (χ3v) is 12.7. The van der Waals surface area contributed by atoms with Crippen LogP contribution in [0.15, 0.2) is 0 Å². The van der Waals surface area contributed by atoms with Crippen LogP contribution in [0.25, 0.3) is 0 Å². The summed E-state index contributed by atoms with van der Waals surface area (Å²) in [5, 5.41) is 45.9. The highest BCUT2D eigenvalue weighted by Gasteiger charge is 2.53. The van der Waals surface area contributed by atoms with Crippen molar-refractivity contribution in [3.8, 4) is 0 Å². The maximum absolute atomic E-state index is 14.3. The molecule has 0 unspecified atom stereocenters. The van der Waals surface area contributed by atoms with E-state index in [1.165, 1.54) is 14.0 Å². The Balaban J connectivity index is 2.21. The quantitative estimate of drug-likeness (QED) is 0.266. The molecule has 18 atom stereocenters. The van der Waals surface area contributed by atoms with Crippen LogP contribution in [0.2, 0.25) is 0 Å². The molecule has 3 rings (SSSR count). The van der Waals surface area contributed by atoms with Crippen LogP contribution in [0.5, 0.6) is 0 Å². The minimum absolute atomic E-state index is 0.0123. The van der Waals surface area contributed by atoms with Gasteiger partial charge in [-0.15, -0.1) is 0 Å². The van der Waals surface area contributed by atoms with Crippen molar-refractivity contribution in [3.05, 3.63) is 0 Å². The molecule has 14 heteroatoms. The molecule has 0 bridgehead atoms. The summed E-state index contributed by atoms with van der Waals surface area (Å²) in [6, 6.07) is -0.727. The van der Waals surface area contributed by atoms with Crippen LogP contribution in [0.3, 0.4) is 0 Å². The fraction of sp³-hybridized carbons (Fsp3) is 0.974. The first-order chi connectivity index (χ1) is 24.5. The number of rotatable bonds is 8. The average molecular weight is 763 g/mol. The summed E-state index contributed by atoms with van der Waals surface area (Å²) in [7, 11) is 8.87. The Morgan fingerprint density at radius 2 is 1.51 bits per heavy atom. The van der Waals surface area contributed by atoms with E-state index in [4.69, 9.17) is 33.2 Å². The number of hydrogen-bond donors (Lipinski definition) is 4. The van der Waals surface area contributed by atoms with Crippen LogP contribution in [-0.2, 0) is 38.0 Å². The van der Waals surface area contributed by atoms with Gasteiger partial charge in [0, 0.05) is 45.2 Å². The maximum atomic E-state index is 14.3. The van der Waals surface area contributed by atoms with Crippen molar-refractivity contribution in [1.29, 1.82) is 0 Å². The second-order valence-electron chi connectivity index (χ2n) is 17.3. The molecule has 3 saturated heterocycles. The van der Waals surface area contributed by atoms with Crippen molar-refractivity contribution in [2.75, 3.05) is 41.9 Å². The average Bonchev–Trinajstić information content (AvgIpc) is 3.09. The number of ether oxygens (including phenoxy) is 7. The van der Waals surface area contributed by atoms with Gasteiger partial charge in [0.05, 0.1) is 41.5 Å². The van der Waals surface area contributed by atoms with Crippen LogP contribution < -0.4 is 0 Å². The summed E-state index contributed by atoms with van der Waals surface area (Å²) < 4.78 is 44.5. The van der Waals surface area contributed by atoms with Crippen molar-refractivity contribution in [3.63, 3.8) is 0 Å². The zero-order valence-electron chi connectivity index (χ0n) is 35.1. The van der Waals surface area contributed by atoms with Gasteiger partial charge in [-0.25, -0.2) is 0 Å². The Hall–Kier alpha value is -1.01. The summed E-state index contributed by atoms with van der Waals surface area (Å²) in [6.45, 7) is 18.8. The van der Waals surface area contributed by atoms with E-state index >= 15 is 0 Å². The van der Waals surface area contributed by atoms with Crippen molar-refractivity contribution in [2.45, 2.75) is 185 Å². The molecule has 0 spiro atoms. The fourth-order valence-electron chi connectivity index (χ4n) is 8.91. The number of methoxy groups -OCH3 is 2. The number of likely N-dealkylation sites (N-methyl/N-ethyl adjacent to an activating group) is 2. The van der Waals surface area contributed by atoms with E-state index in [2.05, 4.69) is 6.92 Å². The molecule has 14 nitrogen and oxygen atoms in total. The van der Waals surface area contributed by atoms with E-state index in [9.17, 15) is 25.2 Å². The lowest BCUT2D eigenvalue weighted by atomic mass is 9.77. The molecule has 0 saturated carbocycles. The SMILES string of the molecule is CC[C@H]1OC(=O)[C@H](C)[C@@H](O[C@H]2C[C@@](C)(OC)[C@@H](O)[C@H](C)O2)[C@H](C)[C@@H](O[C@@H]2O[C@H](C)C[C@H](N(C)C)[C@H]2O)[C@](C)(OC)C[C@@H](C)CN(C)[C@H](C)[C@@H](O)[C@]1(C)O. The molecule has 0 amide bonds. The topological polar surface area (TPSA) is 169 Å². The number of esters is 1. The maximum Gasteiger partial charge on any atom is 0.311 e. The van der Waals surface area contributed by atoms with Gasteiger partial charge in [0.15, 0.2) is 12.6 Å². The van der Waals surface area contributed by atoms with Gasteiger partial charge in [-0.1, -0.05) is 20.8 Å². The third kappa shape index (κ3) is 10.3. The standard InChI is InChI=1S/C39H74N2O12/c1-16-28-39(10,46)32(43)25(6)41(13)20-21(2)18-38(9,48-15)34(53-36-30(42)27(40(11)12)17-22(3)49-36)23(4)31(24(5)35(45)51-28)52-29-19-37(8,47-14)33(44)26(7)50-29/h21-34,36,42-44,46H,16-20H2,1-15H3/t21-,22-,23+,24-,25-,26+,27+,28-,29+,30-,31+,32-,33+,34-,36+,37-,38-,39-/m1/s1. The van der Waals surface area contributed by atoms with Gasteiger partial charge in [-0.05, 0) is 94.8 Å². The van der Waals surface area contributed by atoms with Crippen molar-refractivity contribution in [1.82, 2.24) is 9.80 Å². The Morgan fingerprint density at radius 3 is 2.06 bits per heavy atom. The van der Waals surface area contributed by atoms with Crippen LogP contribution in [0.1, 0.15) is 94.9 Å². The zero-order valence-corrected chi connectivity index (χ0v) is 35.1. The Labute approximate surface area is 318 Å². The fourth-order valence-corrected chi connectivity index (χ4v) is 8.91. The lowest BCUT2D eigenvalue weighted by Crippen LogP contribution is -2.61. The van der Waals surface area contributed by atoms with Crippen LogP contribution in [-0.4, -0.2) is 168 Å². The third-order valence-electron chi connectivity index (χ3n) is 12.7. The molecule has 0 aromatic carbocycles. The Morgan fingerprint density at radius 1 is 0.906 bits per heavy atom. The van der Waals surface area contributed by atoms with E-state index in [1.807, 2.05) is 58.6 Å². The van der Waals surface area contributed by atoms with Crippen LogP contribution in [0, 0.1) is 17.8 Å². The molecule has 312 valence electrons. The van der Waals surface area contributed by atoms with Crippen molar-refractivity contribution in [2.24, 2.45) is 17.8 Å². The first-order valence-electron chi connectivity index (χ1n) is 19.5. The molecule has 3 fully saturated rings. The molecule has 3 heterocycles. The molecule has 3 aliphatic rings. The van der Waals surface area contributed by atoms with E-state index in [0.29, 0.717) is 19.4 Å².